The number of H-pyrrole nitrogens is 1. The Morgan fingerprint density at radius 1 is 1.00 bits per heavy atom. The second-order valence-corrected chi connectivity index (χ2v) is 7.16. The van der Waals surface area contributed by atoms with Crippen LogP contribution in [0.3, 0.4) is 0 Å². The average molecular weight is 365 g/mol. The highest BCUT2D eigenvalue weighted by atomic mass is 16.2. The minimum atomic E-state index is 0.0747. The summed E-state index contributed by atoms with van der Waals surface area (Å²) in [6, 6.07) is 11.8. The lowest BCUT2D eigenvalue weighted by Gasteiger charge is -2.35. The SMILES string of the molecule is O=C1CCCN1Cc1cccc(C(=O)N2CCN(c3cc[nH+]cc3)CC2)c1. The standard InChI is InChI=1S/C21H24N4O2/c26-20-5-2-10-25(20)16-17-3-1-4-18(15-17)21(27)24-13-11-23(12-14-24)19-6-8-22-9-7-19/h1,3-4,6-9,15H,2,5,10-14,16H2/p+1. The zero-order chi connectivity index (χ0) is 18.6. The van der Waals surface area contributed by atoms with Gasteiger partial charge in [0.15, 0.2) is 12.4 Å². The number of carbonyl (C=O) groups excluding carboxylic acids is 2. The Morgan fingerprint density at radius 2 is 1.78 bits per heavy atom. The maximum Gasteiger partial charge on any atom is 0.253 e. The van der Waals surface area contributed by atoms with Gasteiger partial charge >= 0.3 is 0 Å². The molecule has 2 fully saturated rings. The predicted octanol–water partition coefficient (Wildman–Crippen LogP) is 1.59. The summed E-state index contributed by atoms with van der Waals surface area (Å²) in [6.07, 6.45) is 5.41. The summed E-state index contributed by atoms with van der Waals surface area (Å²) in [5.41, 5.74) is 2.91. The van der Waals surface area contributed by atoms with E-state index in [0.29, 0.717) is 31.6 Å². The monoisotopic (exact) mass is 365 g/mol. The van der Waals surface area contributed by atoms with E-state index in [1.54, 1.807) is 0 Å². The number of aromatic amines is 1. The number of hydrogen-bond donors (Lipinski definition) is 0. The van der Waals surface area contributed by atoms with E-state index >= 15 is 0 Å². The molecule has 140 valence electrons. The molecule has 3 heterocycles. The van der Waals surface area contributed by atoms with Gasteiger partial charge in [0.1, 0.15) is 0 Å². The number of nitrogens with one attached hydrogen (secondary N) is 1. The minimum Gasteiger partial charge on any atom is -0.368 e. The highest BCUT2D eigenvalue weighted by Crippen LogP contribution is 2.18. The smallest absolute Gasteiger partial charge is 0.253 e. The summed E-state index contributed by atoms with van der Waals surface area (Å²) in [7, 11) is 0. The molecule has 0 spiro atoms. The molecule has 1 N–H and O–H groups in total. The molecule has 27 heavy (non-hydrogen) atoms. The molecule has 0 unspecified atom stereocenters. The van der Waals surface area contributed by atoms with Crippen LogP contribution >= 0.6 is 0 Å². The van der Waals surface area contributed by atoms with Gasteiger partial charge in [0.05, 0.1) is 0 Å². The third kappa shape index (κ3) is 3.94. The van der Waals surface area contributed by atoms with Crippen molar-refractivity contribution in [3.05, 3.63) is 59.9 Å². The molecule has 2 aromatic rings. The van der Waals surface area contributed by atoms with Gasteiger partial charge in [-0.15, -0.1) is 0 Å². The molecule has 0 bridgehead atoms. The lowest BCUT2D eigenvalue weighted by molar-refractivity contribution is -0.377. The van der Waals surface area contributed by atoms with E-state index in [4.69, 9.17) is 0 Å². The Morgan fingerprint density at radius 3 is 2.48 bits per heavy atom. The first-order valence-corrected chi connectivity index (χ1v) is 9.58. The van der Waals surface area contributed by atoms with Crippen LogP contribution < -0.4 is 9.88 Å². The fourth-order valence-electron chi connectivity index (χ4n) is 3.83. The molecule has 6 nitrogen and oxygen atoms in total. The van der Waals surface area contributed by atoms with Crippen molar-refractivity contribution in [1.29, 1.82) is 0 Å². The number of benzene rings is 1. The van der Waals surface area contributed by atoms with Gasteiger partial charge in [-0.3, -0.25) is 9.59 Å². The first-order valence-electron chi connectivity index (χ1n) is 9.58. The zero-order valence-corrected chi connectivity index (χ0v) is 15.4. The number of carbonyl (C=O) groups is 2. The molecule has 2 amide bonds. The number of rotatable bonds is 4. The van der Waals surface area contributed by atoms with Crippen LogP contribution in [0.1, 0.15) is 28.8 Å². The van der Waals surface area contributed by atoms with Crippen molar-refractivity contribution in [3.63, 3.8) is 0 Å². The molecule has 0 atom stereocenters. The largest absolute Gasteiger partial charge is 0.368 e. The van der Waals surface area contributed by atoms with Crippen molar-refractivity contribution in [2.75, 3.05) is 37.6 Å². The molecule has 0 aliphatic carbocycles. The van der Waals surface area contributed by atoms with Crippen molar-refractivity contribution in [1.82, 2.24) is 9.80 Å². The number of likely N-dealkylation sites (tertiary alicyclic amines) is 1. The van der Waals surface area contributed by atoms with Crippen molar-refractivity contribution < 1.29 is 14.6 Å². The van der Waals surface area contributed by atoms with Crippen LogP contribution in [0.25, 0.3) is 0 Å². The number of piperazine rings is 1. The van der Waals surface area contributed by atoms with E-state index in [-0.39, 0.29) is 11.8 Å². The van der Waals surface area contributed by atoms with Gasteiger partial charge < -0.3 is 14.7 Å². The molecule has 2 aliphatic heterocycles. The Labute approximate surface area is 159 Å². The number of aromatic nitrogens is 1. The van der Waals surface area contributed by atoms with Crippen LogP contribution in [0.4, 0.5) is 5.69 Å². The highest BCUT2D eigenvalue weighted by molar-refractivity contribution is 5.94. The van der Waals surface area contributed by atoms with Crippen molar-refractivity contribution in [3.8, 4) is 0 Å². The van der Waals surface area contributed by atoms with E-state index in [9.17, 15) is 9.59 Å². The van der Waals surface area contributed by atoms with Crippen LogP contribution in [-0.4, -0.2) is 54.3 Å². The van der Waals surface area contributed by atoms with Crippen LogP contribution in [-0.2, 0) is 11.3 Å². The van der Waals surface area contributed by atoms with Gasteiger partial charge in [-0.1, -0.05) is 12.1 Å². The topological polar surface area (TPSA) is 58.0 Å². The number of amides is 2. The van der Waals surface area contributed by atoms with Crippen LogP contribution in [0.2, 0.25) is 0 Å². The maximum absolute atomic E-state index is 12.9. The van der Waals surface area contributed by atoms with Gasteiger partial charge in [-0.25, -0.2) is 4.98 Å². The second kappa shape index (κ2) is 7.78. The van der Waals surface area contributed by atoms with E-state index in [1.807, 2.05) is 46.5 Å². The number of nitrogens with zero attached hydrogens (tertiary/aromatic N) is 3. The Hall–Kier alpha value is -2.89. The predicted molar refractivity (Wildman–Crippen MR) is 102 cm³/mol. The van der Waals surface area contributed by atoms with Crippen LogP contribution in [0.5, 0.6) is 0 Å². The van der Waals surface area contributed by atoms with Gasteiger partial charge in [-0.05, 0) is 24.1 Å². The summed E-state index contributed by atoms with van der Waals surface area (Å²) in [5, 5.41) is 0. The molecule has 4 rings (SSSR count). The Bertz CT molecular complexity index is 816. The summed E-state index contributed by atoms with van der Waals surface area (Å²) in [5.74, 6) is 0.284. The number of hydrogen-bond acceptors (Lipinski definition) is 3. The van der Waals surface area contributed by atoms with E-state index in [2.05, 4.69) is 22.0 Å². The lowest BCUT2D eigenvalue weighted by Crippen LogP contribution is -2.48. The van der Waals surface area contributed by atoms with E-state index in [0.717, 1.165) is 31.6 Å². The van der Waals surface area contributed by atoms with Gasteiger partial charge in [0.25, 0.3) is 5.91 Å². The van der Waals surface area contributed by atoms with Crippen LogP contribution in [0.15, 0.2) is 48.8 Å². The first-order chi connectivity index (χ1) is 13.2. The molecule has 2 saturated heterocycles. The maximum atomic E-state index is 12.9. The quantitative estimate of drug-likeness (QED) is 0.827. The minimum absolute atomic E-state index is 0.0747. The third-order valence-corrected chi connectivity index (χ3v) is 5.35. The summed E-state index contributed by atoms with van der Waals surface area (Å²) >= 11 is 0. The number of pyridine rings is 1. The summed E-state index contributed by atoms with van der Waals surface area (Å²) in [6.45, 7) is 4.50. The van der Waals surface area contributed by atoms with Crippen LogP contribution in [0, 0.1) is 0 Å². The summed E-state index contributed by atoms with van der Waals surface area (Å²) < 4.78 is 0. The molecule has 1 aromatic carbocycles. The van der Waals surface area contributed by atoms with E-state index in [1.165, 1.54) is 5.69 Å². The van der Waals surface area contributed by atoms with Crippen molar-refractivity contribution >= 4 is 17.5 Å². The third-order valence-electron chi connectivity index (χ3n) is 5.35. The van der Waals surface area contributed by atoms with Gasteiger partial charge in [0, 0.05) is 69.1 Å². The molecular formula is C21H25N4O2+. The molecule has 0 radical (unpaired) electrons. The molecular weight excluding hydrogens is 340 g/mol. The molecule has 2 aliphatic rings. The highest BCUT2D eigenvalue weighted by Gasteiger charge is 2.24. The lowest BCUT2D eigenvalue weighted by atomic mass is 10.1. The zero-order valence-electron chi connectivity index (χ0n) is 15.4. The fourth-order valence-corrected chi connectivity index (χ4v) is 3.83. The van der Waals surface area contributed by atoms with Crippen molar-refractivity contribution in [2.24, 2.45) is 0 Å². The Balaban J connectivity index is 1.38. The molecule has 6 heteroatoms. The average Bonchev–Trinajstić information content (AvgIpc) is 3.13. The van der Waals surface area contributed by atoms with Gasteiger partial charge in [0.2, 0.25) is 5.91 Å². The first kappa shape index (κ1) is 17.5. The second-order valence-electron chi connectivity index (χ2n) is 7.16. The molecule has 1 aromatic heterocycles. The summed E-state index contributed by atoms with van der Waals surface area (Å²) in [4.78, 5) is 33.9. The van der Waals surface area contributed by atoms with E-state index < -0.39 is 0 Å². The van der Waals surface area contributed by atoms with Gasteiger partial charge in [-0.2, -0.15) is 0 Å². The number of anilines is 1. The normalized spacial score (nSPS) is 17.5. The fraction of sp³-hybridized carbons (Fsp3) is 0.381. The van der Waals surface area contributed by atoms with Crippen molar-refractivity contribution in [2.45, 2.75) is 19.4 Å². The Kier molecular flexibility index (Phi) is 5.05. The molecule has 0 saturated carbocycles.